The summed E-state index contributed by atoms with van der Waals surface area (Å²) in [6.07, 6.45) is 1.88. The zero-order valence-electron chi connectivity index (χ0n) is 17.2. The number of rotatable bonds is 9. The summed E-state index contributed by atoms with van der Waals surface area (Å²) in [4.78, 5) is 25.5. The molecule has 1 amide bonds. The molecule has 1 fully saturated rings. The first kappa shape index (κ1) is 20.0. The molecule has 1 aliphatic rings. The van der Waals surface area contributed by atoms with Crippen LogP contribution in [0.4, 0.5) is 5.69 Å². The molecule has 0 unspecified atom stereocenters. The van der Waals surface area contributed by atoms with Gasteiger partial charge in [0.1, 0.15) is 5.58 Å². The zero-order valence-corrected chi connectivity index (χ0v) is 17.2. The number of nitrogens with one attached hydrogen (secondary N) is 1. The third-order valence-corrected chi connectivity index (χ3v) is 5.00. The van der Waals surface area contributed by atoms with Crippen molar-refractivity contribution in [2.75, 3.05) is 18.5 Å². The fourth-order valence-corrected chi connectivity index (χ4v) is 3.45. The molecule has 0 atom stereocenters. The summed E-state index contributed by atoms with van der Waals surface area (Å²) < 4.78 is 17.0. The topological polar surface area (TPSA) is 77.8 Å². The molecule has 6 heteroatoms. The number of hydrogen-bond acceptors (Lipinski definition) is 5. The van der Waals surface area contributed by atoms with E-state index in [9.17, 15) is 9.59 Å². The van der Waals surface area contributed by atoms with Gasteiger partial charge in [0.05, 0.1) is 25.3 Å². The molecule has 1 N–H and O–H groups in total. The van der Waals surface area contributed by atoms with Crippen molar-refractivity contribution in [1.29, 1.82) is 0 Å². The van der Waals surface area contributed by atoms with Gasteiger partial charge in [-0.25, -0.2) is 0 Å². The van der Waals surface area contributed by atoms with E-state index in [1.54, 1.807) is 6.07 Å². The number of Topliss-reactive ketones (excluding diaryl/α,β-unsaturated/α-hetero) is 1. The summed E-state index contributed by atoms with van der Waals surface area (Å²) in [7, 11) is 0. The highest BCUT2D eigenvalue weighted by molar-refractivity contribution is 6.12. The third kappa shape index (κ3) is 4.17. The van der Waals surface area contributed by atoms with Crippen molar-refractivity contribution < 1.29 is 23.5 Å². The average molecular weight is 407 g/mol. The molecule has 0 radical (unpaired) electrons. The predicted octanol–water partition coefficient (Wildman–Crippen LogP) is 5.00. The van der Waals surface area contributed by atoms with Gasteiger partial charge in [-0.3, -0.25) is 9.59 Å². The maximum atomic E-state index is 12.8. The van der Waals surface area contributed by atoms with Gasteiger partial charge in [-0.1, -0.05) is 18.2 Å². The number of carbonyl (C=O) groups excluding carboxylic acids is 2. The third-order valence-electron chi connectivity index (χ3n) is 5.00. The number of carbonyl (C=O) groups is 2. The van der Waals surface area contributed by atoms with Gasteiger partial charge < -0.3 is 19.2 Å². The molecule has 4 rings (SSSR count). The minimum atomic E-state index is -0.224. The van der Waals surface area contributed by atoms with E-state index in [4.69, 9.17) is 13.9 Å². The van der Waals surface area contributed by atoms with Crippen LogP contribution in [0.2, 0.25) is 0 Å². The summed E-state index contributed by atoms with van der Waals surface area (Å²) in [5.41, 5.74) is 1.85. The van der Waals surface area contributed by atoms with Gasteiger partial charge in [-0.15, -0.1) is 0 Å². The number of furan rings is 1. The first-order valence-corrected chi connectivity index (χ1v) is 10.3. The van der Waals surface area contributed by atoms with Crippen LogP contribution < -0.4 is 14.8 Å². The normalized spacial score (nSPS) is 13.3. The van der Waals surface area contributed by atoms with Crippen LogP contribution in [0.15, 0.2) is 46.9 Å². The van der Waals surface area contributed by atoms with Crippen LogP contribution in [0, 0.1) is 5.92 Å². The Hall–Kier alpha value is -3.28. The second-order valence-electron chi connectivity index (χ2n) is 7.31. The molecule has 1 aromatic heterocycles. The lowest BCUT2D eigenvalue weighted by atomic mass is 10.1. The van der Waals surface area contributed by atoms with Crippen molar-refractivity contribution >= 4 is 28.3 Å². The van der Waals surface area contributed by atoms with Crippen LogP contribution in [0.25, 0.3) is 11.0 Å². The molecule has 6 nitrogen and oxygen atoms in total. The largest absolute Gasteiger partial charge is 0.490 e. The van der Waals surface area contributed by atoms with Gasteiger partial charge in [0.25, 0.3) is 0 Å². The lowest BCUT2D eigenvalue weighted by molar-refractivity contribution is -0.115. The van der Waals surface area contributed by atoms with E-state index in [-0.39, 0.29) is 29.8 Å². The Bertz CT molecular complexity index is 1080. The van der Waals surface area contributed by atoms with E-state index < -0.39 is 0 Å². The number of hydrogen-bond donors (Lipinski definition) is 1. The maximum absolute atomic E-state index is 12.8. The number of anilines is 1. The van der Waals surface area contributed by atoms with Gasteiger partial charge in [0.15, 0.2) is 17.3 Å². The number of para-hydroxylation sites is 1. The molecule has 0 bridgehead atoms. The Balaban J connectivity index is 1.57. The molecule has 0 aliphatic heterocycles. The van der Waals surface area contributed by atoms with E-state index in [1.807, 2.05) is 50.2 Å². The summed E-state index contributed by atoms with van der Waals surface area (Å²) in [5, 5.41) is 3.64. The smallest absolute Gasteiger partial charge is 0.228 e. The first-order valence-electron chi connectivity index (χ1n) is 10.3. The standard InChI is InChI=1S/C24H25NO5/c1-3-28-19-12-9-15(13-20(19)29-4-2)14-21(26)25-22-17-7-5-6-8-18(17)30-24(22)23(27)16-10-11-16/h5-9,12-13,16H,3-4,10-11,14H2,1-2H3,(H,25,26). The fraction of sp³-hybridized carbons (Fsp3) is 0.333. The Morgan fingerprint density at radius 1 is 1.03 bits per heavy atom. The number of ketones is 1. The molecule has 2 aromatic carbocycles. The van der Waals surface area contributed by atoms with Crippen LogP contribution >= 0.6 is 0 Å². The first-order chi connectivity index (χ1) is 14.6. The van der Waals surface area contributed by atoms with Gasteiger partial charge in [0.2, 0.25) is 11.7 Å². The quantitative estimate of drug-likeness (QED) is 0.505. The van der Waals surface area contributed by atoms with Crippen LogP contribution in [-0.4, -0.2) is 24.9 Å². The molecule has 1 heterocycles. The molecular weight excluding hydrogens is 382 g/mol. The summed E-state index contributed by atoms with van der Waals surface area (Å²) in [5.74, 6) is 1.25. The van der Waals surface area contributed by atoms with E-state index in [0.29, 0.717) is 36.0 Å². The Morgan fingerprint density at radius 3 is 2.50 bits per heavy atom. The number of ether oxygens (including phenoxy) is 2. The minimum absolute atomic E-state index is 0.000995. The highest BCUT2D eigenvalue weighted by atomic mass is 16.5. The van der Waals surface area contributed by atoms with E-state index in [1.165, 1.54) is 0 Å². The van der Waals surface area contributed by atoms with Crippen molar-refractivity contribution in [3.05, 3.63) is 53.8 Å². The summed E-state index contributed by atoms with van der Waals surface area (Å²) >= 11 is 0. The minimum Gasteiger partial charge on any atom is -0.490 e. The number of fused-ring (bicyclic) bond motifs is 1. The van der Waals surface area contributed by atoms with Gasteiger partial charge in [-0.05, 0) is 56.5 Å². The molecule has 156 valence electrons. The van der Waals surface area contributed by atoms with Crippen LogP contribution in [-0.2, 0) is 11.2 Å². The summed E-state index contributed by atoms with van der Waals surface area (Å²) in [6, 6.07) is 12.8. The molecule has 3 aromatic rings. The van der Waals surface area contributed by atoms with E-state index in [2.05, 4.69) is 5.32 Å². The predicted molar refractivity (Wildman–Crippen MR) is 114 cm³/mol. The van der Waals surface area contributed by atoms with E-state index in [0.717, 1.165) is 23.8 Å². The van der Waals surface area contributed by atoms with Crippen LogP contribution in [0.1, 0.15) is 42.8 Å². The number of benzene rings is 2. The van der Waals surface area contributed by atoms with Crippen LogP contribution in [0.5, 0.6) is 11.5 Å². The monoisotopic (exact) mass is 407 g/mol. The van der Waals surface area contributed by atoms with Crippen molar-refractivity contribution in [3.63, 3.8) is 0 Å². The van der Waals surface area contributed by atoms with E-state index >= 15 is 0 Å². The maximum Gasteiger partial charge on any atom is 0.228 e. The van der Waals surface area contributed by atoms with Gasteiger partial charge in [-0.2, -0.15) is 0 Å². The van der Waals surface area contributed by atoms with Crippen molar-refractivity contribution in [2.24, 2.45) is 5.92 Å². The highest BCUT2D eigenvalue weighted by Gasteiger charge is 2.35. The van der Waals surface area contributed by atoms with Gasteiger partial charge >= 0.3 is 0 Å². The molecule has 0 spiro atoms. The van der Waals surface area contributed by atoms with Gasteiger partial charge in [0, 0.05) is 11.3 Å². The van der Waals surface area contributed by atoms with Crippen molar-refractivity contribution in [1.82, 2.24) is 0 Å². The van der Waals surface area contributed by atoms with Crippen molar-refractivity contribution in [2.45, 2.75) is 33.1 Å². The molecule has 1 saturated carbocycles. The molecule has 30 heavy (non-hydrogen) atoms. The Labute approximate surface area is 175 Å². The Kier molecular flexibility index (Phi) is 5.74. The number of amides is 1. The summed E-state index contributed by atoms with van der Waals surface area (Å²) in [6.45, 7) is 4.85. The fourth-order valence-electron chi connectivity index (χ4n) is 3.45. The van der Waals surface area contributed by atoms with Crippen LogP contribution in [0.3, 0.4) is 0 Å². The second-order valence-corrected chi connectivity index (χ2v) is 7.31. The SMILES string of the molecule is CCOc1ccc(CC(=O)Nc2c(C(=O)C3CC3)oc3ccccc23)cc1OCC. The second kappa shape index (κ2) is 8.61. The Morgan fingerprint density at radius 2 is 1.77 bits per heavy atom. The highest BCUT2D eigenvalue weighted by Crippen LogP contribution is 2.39. The van der Waals surface area contributed by atoms with Crippen molar-refractivity contribution in [3.8, 4) is 11.5 Å². The molecular formula is C24H25NO5. The zero-order chi connectivity index (χ0) is 21.1. The average Bonchev–Trinajstić information content (AvgIpc) is 3.53. The lowest BCUT2D eigenvalue weighted by Crippen LogP contribution is -2.16. The molecule has 0 saturated heterocycles. The molecule has 1 aliphatic carbocycles. The lowest BCUT2D eigenvalue weighted by Gasteiger charge is -2.12.